The number of nitrogens with two attached hydrogens (primary N) is 1. The minimum atomic E-state index is -0.435. The van der Waals surface area contributed by atoms with Gasteiger partial charge in [-0.2, -0.15) is 0 Å². The van der Waals surface area contributed by atoms with Crippen molar-refractivity contribution >= 4 is 6.09 Å². The fourth-order valence-electron chi connectivity index (χ4n) is 2.48. The summed E-state index contributed by atoms with van der Waals surface area (Å²) in [6.45, 7) is 9.79. The molecule has 0 aromatic rings. The Hall–Kier alpha value is -0.770. The van der Waals surface area contributed by atoms with Crippen molar-refractivity contribution in [2.24, 2.45) is 5.73 Å². The second kappa shape index (κ2) is 5.91. The topological polar surface area (TPSA) is 55.6 Å². The molecule has 18 heavy (non-hydrogen) atoms. The van der Waals surface area contributed by atoms with Crippen molar-refractivity contribution in [1.29, 1.82) is 0 Å². The van der Waals surface area contributed by atoms with Crippen LogP contribution in [0.1, 0.15) is 60.3 Å². The summed E-state index contributed by atoms with van der Waals surface area (Å²) in [5, 5.41) is 0. The summed E-state index contributed by atoms with van der Waals surface area (Å²) in [5.41, 5.74) is 5.48. The number of rotatable bonds is 2. The Labute approximate surface area is 111 Å². The van der Waals surface area contributed by atoms with Crippen LogP contribution in [-0.2, 0) is 4.74 Å². The highest BCUT2D eigenvalue weighted by Gasteiger charge is 2.32. The standard InChI is InChI=1S/C14H28N2O2/c1-10(2)16(13(17)18-14(3,4)5)12-8-6-11(15)7-9-12/h10-12H,6-9,15H2,1-5H3. The third-order valence-corrected chi connectivity index (χ3v) is 3.30. The van der Waals surface area contributed by atoms with Gasteiger partial charge in [0, 0.05) is 18.1 Å². The summed E-state index contributed by atoms with van der Waals surface area (Å²) in [6, 6.07) is 0.743. The summed E-state index contributed by atoms with van der Waals surface area (Å²) >= 11 is 0. The summed E-state index contributed by atoms with van der Waals surface area (Å²) in [7, 11) is 0. The lowest BCUT2D eigenvalue weighted by molar-refractivity contribution is 0.00351. The molecule has 0 radical (unpaired) electrons. The number of carbonyl (C=O) groups excluding carboxylic acids is 1. The lowest BCUT2D eigenvalue weighted by Crippen LogP contribution is -2.49. The predicted molar refractivity (Wildman–Crippen MR) is 73.4 cm³/mol. The van der Waals surface area contributed by atoms with E-state index in [-0.39, 0.29) is 18.2 Å². The van der Waals surface area contributed by atoms with Gasteiger partial charge in [0.05, 0.1) is 0 Å². The molecule has 0 aliphatic heterocycles. The minimum Gasteiger partial charge on any atom is -0.444 e. The van der Waals surface area contributed by atoms with E-state index in [0.717, 1.165) is 25.7 Å². The molecule has 1 rings (SSSR count). The van der Waals surface area contributed by atoms with Gasteiger partial charge in [-0.05, 0) is 60.3 Å². The van der Waals surface area contributed by atoms with E-state index in [1.165, 1.54) is 0 Å². The molecular weight excluding hydrogens is 228 g/mol. The maximum absolute atomic E-state index is 12.3. The molecule has 0 aromatic heterocycles. The highest BCUT2D eigenvalue weighted by Crippen LogP contribution is 2.25. The van der Waals surface area contributed by atoms with Crippen molar-refractivity contribution < 1.29 is 9.53 Å². The largest absolute Gasteiger partial charge is 0.444 e. The predicted octanol–water partition coefficient (Wildman–Crippen LogP) is 2.90. The Morgan fingerprint density at radius 1 is 1.22 bits per heavy atom. The Morgan fingerprint density at radius 2 is 1.72 bits per heavy atom. The van der Waals surface area contributed by atoms with E-state index in [1.54, 1.807) is 0 Å². The van der Waals surface area contributed by atoms with E-state index in [0.29, 0.717) is 6.04 Å². The van der Waals surface area contributed by atoms with Crippen LogP contribution in [0.15, 0.2) is 0 Å². The van der Waals surface area contributed by atoms with Gasteiger partial charge >= 0.3 is 6.09 Å². The van der Waals surface area contributed by atoms with Crippen LogP contribution >= 0.6 is 0 Å². The number of hydrogen-bond donors (Lipinski definition) is 1. The molecule has 1 amide bonds. The average Bonchev–Trinajstić information content (AvgIpc) is 2.18. The van der Waals surface area contributed by atoms with Crippen LogP contribution in [0.5, 0.6) is 0 Å². The van der Waals surface area contributed by atoms with Gasteiger partial charge in [0.2, 0.25) is 0 Å². The molecule has 1 fully saturated rings. The molecule has 106 valence electrons. The molecule has 0 unspecified atom stereocenters. The van der Waals surface area contributed by atoms with Gasteiger partial charge in [-0.1, -0.05) is 0 Å². The first-order chi connectivity index (χ1) is 8.20. The molecule has 0 saturated heterocycles. The molecule has 0 atom stereocenters. The molecule has 2 N–H and O–H groups in total. The Morgan fingerprint density at radius 3 is 2.11 bits per heavy atom. The van der Waals surface area contributed by atoms with Crippen LogP contribution < -0.4 is 5.73 Å². The second-order valence-electron chi connectivity index (χ2n) is 6.55. The van der Waals surface area contributed by atoms with Crippen molar-refractivity contribution in [2.75, 3.05) is 0 Å². The van der Waals surface area contributed by atoms with Crippen molar-refractivity contribution in [3.63, 3.8) is 0 Å². The second-order valence-corrected chi connectivity index (χ2v) is 6.55. The van der Waals surface area contributed by atoms with Gasteiger partial charge in [-0.25, -0.2) is 4.79 Å². The van der Waals surface area contributed by atoms with Crippen molar-refractivity contribution in [3.05, 3.63) is 0 Å². The van der Waals surface area contributed by atoms with Gasteiger partial charge in [-0.15, -0.1) is 0 Å². The molecule has 4 heteroatoms. The van der Waals surface area contributed by atoms with Gasteiger partial charge in [0.15, 0.2) is 0 Å². The lowest BCUT2D eigenvalue weighted by atomic mass is 9.90. The van der Waals surface area contributed by atoms with Crippen molar-refractivity contribution in [3.8, 4) is 0 Å². The lowest BCUT2D eigenvalue weighted by Gasteiger charge is -2.39. The monoisotopic (exact) mass is 256 g/mol. The summed E-state index contributed by atoms with van der Waals surface area (Å²) in [6.07, 6.45) is 3.77. The molecular formula is C14H28N2O2. The highest BCUT2D eigenvalue weighted by atomic mass is 16.6. The average molecular weight is 256 g/mol. The normalized spacial score (nSPS) is 25.1. The Balaban J connectivity index is 2.68. The van der Waals surface area contributed by atoms with Gasteiger partial charge in [0.1, 0.15) is 5.60 Å². The van der Waals surface area contributed by atoms with Gasteiger partial charge < -0.3 is 15.4 Å². The smallest absolute Gasteiger partial charge is 0.410 e. The van der Waals surface area contributed by atoms with Crippen LogP contribution in [0.3, 0.4) is 0 Å². The summed E-state index contributed by atoms with van der Waals surface area (Å²) in [4.78, 5) is 14.1. The molecule has 4 nitrogen and oxygen atoms in total. The van der Waals surface area contributed by atoms with Crippen LogP contribution in [0.4, 0.5) is 4.79 Å². The Bertz CT molecular complexity index is 276. The third kappa shape index (κ3) is 4.48. The Kier molecular flexibility index (Phi) is 5.02. The quantitative estimate of drug-likeness (QED) is 0.826. The highest BCUT2D eigenvalue weighted by molar-refractivity contribution is 5.69. The molecule has 1 aliphatic rings. The molecule has 0 aromatic carbocycles. The van der Waals surface area contributed by atoms with E-state index >= 15 is 0 Å². The number of hydrogen-bond acceptors (Lipinski definition) is 3. The fourth-order valence-corrected chi connectivity index (χ4v) is 2.48. The van der Waals surface area contributed by atoms with Crippen LogP contribution in [-0.4, -0.2) is 34.7 Å². The maximum Gasteiger partial charge on any atom is 0.410 e. The van der Waals surface area contributed by atoms with Crippen LogP contribution in [0, 0.1) is 0 Å². The van der Waals surface area contributed by atoms with E-state index in [2.05, 4.69) is 0 Å². The summed E-state index contributed by atoms with van der Waals surface area (Å²) in [5.74, 6) is 0. The van der Waals surface area contributed by atoms with Crippen molar-refractivity contribution in [2.45, 2.75) is 84.0 Å². The van der Waals surface area contributed by atoms with E-state index in [4.69, 9.17) is 10.5 Å². The number of nitrogens with zero attached hydrogens (tertiary/aromatic N) is 1. The van der Waals surface area contributed by atoms with E-state index < -0.39 is 5.60 Å². The zero-order valence-corrected chi connectivity index (χ0v) is 12.4. The zero-order chi connectivity index (χ0) is 13.9. The van der Waals surface area contributed by atoms with Gasteiger partial charge in [0.25, 0.3) is 0 Å². The first-order valence-electron chi connectivity index (χ1n) is 6.97. The molecule has 0 spiro atoms. The molecule has 1 aliphatic carbocycles. The number of amides is 1. The molecule has 0 bridgehead atoms. The van der Waals surface area contributed by atoms with Crippen LogP contribution in [0.2, 0.25) is 0 Å². The van der Waals surface area contributed by atoms with Crippen molar-refractivity contribution in [1.82, 2.24) is 4.90 Å². The van der Waals surface area contributed by atoms with Gasteiger partial charge in [-0.3, -0.25) is 0 Å². The number of carbonyl (C=O) groups is 1. The first kappa shape index (κ1) is 15.3. The zero-order valence-electron chi connectivity index (χ0n) is 12.4. The van der Waals surface area contributed by atoms with Crippen LogP contribution in [0.25, 0.3) is 0 Å². The molecule has 1 saturated carbocycles. The maximum atomic E-state index is 12.3. The van der Waals surface area contributed by atoms with E-state index in [1.807, 2.05) is 39.5 Å². The third-order valence-electron chi connectivity index (χ3n) is 3.30. The first-order valence-corrected chi connectivity index (χ1v) is 6.97. The fraction of sp³-hybridized carbons (Fsp3) is 0.929. The minimum absolute atomic E-state index is 0.166. The number of ether oxygens (including phenoxy) is 1. The summed E-state index contributed by atoms with van der Waals surface area (Å²) < 4.78 is 5.50. The SMILES string of the molecule is CC(C)N(C(=O)OC(C)(C)C)C1CCC(N)CC1. The molecule has 0 heterocycles. The van der Waals surface area contributed by atoms with E-state index in [9.17, 15) is 4.79 Å².